The Bertz CT molecular complexity index is 5340. The number of nitrogens with one attached hydrogen (secondary N) is 9. The van der Waals surface area contributed by atoms with Gasteiger partial charge in [0.05, 0.1) is 47.4 Å². The van der Waals surface area contributed by atoms with Gasteiger partial charge < -0.3 is 167 Å². The highest BCUT2D eigenvalue weighted by Crippen LogP contribution is 2.59. The maximum absolute atomic E-state index is 16.5. The number of aliphatic hydroxyl groups is 6. The van der Waals surface area contributed by atoms with E-state index in [4.69, 9.17) is 45.8 Å². The predicted molar refractivity (Wildman–Crippen MR) is 488 cm³/mol. The third-order valence-corrected chi connectivity index (χ3v) is 27.8. The Hall–Kier alpha value is -10.2. The summed E-state index contributed by atoms with van der Waals surface area (Å²) in [6, 6.07) is -3.97. The fourth-order valence-electron chi connectivity index (χ4n) is 16.2. The third kappa shape index (κ3) is 28.3. The number of benzene rings is 4. The summed E-state index contributed by atoms with van der Waals surface area (Å²) < 4.78 is 75.7. The number of phenolic OH excluding ortho intramolecular Hbond substituents is 3. The first-order valence-electron chi connectivity index (χ1n) is 44.0. The van der Waals surface area contributed by atoms with Gasteiger partial charge in [0, 0.05) is 67.7 Å². The van der Waals surface area contributed by atoms with Crippen molar-refractivity contribution in [2.24, 2.45) is 16.6 Å². The summed E-state index contributed by atoms with van der Waals surface area (Å²) in [5.74, 6) is -18.4. The molecule has 0 spiro atoms. The van der Waals surface area contributed by atoms with E-state index in [1.807, 2.05) is 0 Å². The third-order valence-electron chi connectivity index (χ3n) is 23.5. The van der Waals surface area contributed by atoms with Crippen molar-refractivity contribution < 1.29 is 166 Å². The van der Waals surface area contributed by atoms with E-state index in [1.54, 1.807) is 19.2 Å². The van der Waals surface area contributed by atoms with E-state index in [0.29, 0.717) is 19.0 Å². The first-order chi connectivity index (χ1) is 64.5. The lowest BCUT2D eigenvalue weighted by Crippen LogP contribution is -2.67. The van der Waals surface area contributed by atoms with Gasteiger partial charge in [-0.3, -0.25) is 52.1 Å². The Morgan fingerprint density at radius 2 is 1.45 bits per heavy atom. The highest BCUT2D eigenvalue weighted by molar-refractivity contribution is 7.70. The number of carbonyl (C=O) groups is 9. The Morgan fingerprint density at radius 3 is 2.08 bits per heavy atom. The number of aromatic hydroxyl groups is 3. The van der Waals surface area contributed by atoms with Crippen LogP contribution in [-0.2, 0) is 77.6 Å². The zero-order chi connectivity index (χ0) is 101. The van der Waals surface area contributed by atoms with E-state index < -0.39 is 320 Å². The molecule has 27 N–H and O–H groups in total. The van der Waals surface area contributed by atoms with Crippen LogP contribution in [0.25, 0.3) is 11.1 Å². The second kappa shape index (κ2) is 48.6. The number of hydrogen-bond donors (Lipinski definition) is 26. The summed E-state index contributed by atoms with van der Waals surface area (Å²) in [4.78, 5) is 199. The standard InChI is InChI=1S/C87H120ClN12O34P3/c1-9-12-13-14-15-16-17-18-27-91-28-29-100(62(105)26-25-61(104)94-86(136(123,124)125)137(126,127)128)87(7)38-63(130-43(6)77(87)111)133-76-74(110)73(109)60(40-101)132-85(76)134-75-58-34-47-35-59(75)131-57-24-22-46(33-52(57)88)71(107)69-83(117)97-67(84(118)119)50-37-56(103)51(39-92-41-135(120,121)122)72(108)64(50)49-32-45(21-23-55(49)102)65(80(114)99-69)96-81(115)66(47)95-79(113)54(36-48(89)11-3)93-82(116)68(70(106)44(10-2)20-19-30-129-58)98-78(112)53(90-8)31-42(4)5/h10-11,19-24,30,32-35,37,42-43,53-54,60,63,65-68,70-71,73-74,76-77,85-86,90-92,101-103,106-111H,2,9,12-18,25-29,31,36,38-41,89H2,1,3-8H3,(H,93,116)(H,94,104)(H,95,113)(H,96,115)(H,97,117)(H,98,112)(H,118,119)(H2,120,121,122)(H2,123,124,125)(H2,126,127,128)/b30-19+,44-20+,48-11+,99-69+/t43-,53+,54-,60+,63-,65+,66+,67-,68+,70+,71+,73+,74-,76+,77+,85-,87-/m0/s1. The van der Waals surface area contributed by atoms with Crippen LogP contribution in [-0.4, -0.2) is 268 Å². The summed E-state index contributed by atoms with van der Waals surface area (Å²) in [6.45, 7) is 12.0. The van der Waals surface area contributed by atoms with Crippen molar-refractivity contribution in [1.29, 1.82) is 0 Å². The minimum absolute atomic E-state index is 0.0148. The number of nitrogens with two attached hydrogens (primary N) is 1. The van der Waals surface area contributed by atoms with Crippen molar-refractivity contribution in [2.75, 3.05) is 39.6 Å². The van der Waals surface area contributed by atoms with Crippen LogP contribution >= 0.6 is 34.4 Å². The number of aliphatic imine (C=N–C) groups is 1. The molecule has 6 aliphatic rings. The molecular formula is C87H120ClN12O34P3. The van der Waals surface area contributed by atoms with E-state index in [0.717, 1.165) is 123 Å². The molecule has 10 rings (SSSR count). The van der Waals surface area contributed by atoms with E-state index >= 15 is 24.0 Å². The number of rotatable bonds is 37. The van der Waals surface area contributed by atoms with E-state index in [1.165, 1.54) is 33.9 Å². The molecule has 137 heavy (non-hydrogen) atoms. The smallest absolute Gasteiger partial charge is 0.360 e. The van der Waals surface area contributed by atoms with E-state index in [9.17, 15) is 113 Å². The van der Waals surface area contributed by atoms with Crippen molar-refractivity contribution in [1.82, 2.24) is 52.8 Å². The predicted octanol–water partition coefficient (Wildman–Crippen LogP) is 2.21. The van der Waals surface area contributed by atoms with Gasteiger partial charge in [0.15, 0.2) is 29.9 Å². The zero-order valence-corrected chi connectivity index (χ0v) is 79.3. The number of ether oxygens (including phenoxy) is 6. The number of unbranched alkanes of at least 4 members (excludes halogenated alkanes) is 7. The lowest BCUT2D eigenvalue weighted by molar-refractivity contribution is -0.337. The number of nitrogens with zero attached hydrogens (tertiary/aromatic N) is 2. The molecule has 17 atom stereocenters. The molecule has 0 aliphatic carbocycles. The monoisotopic (exact) mass is 2000 g/mol. The number of aliphatic hydroxyl groups excluding tert-OH is 6. The number of likely N-dealkylation sites (N-methyl/N-ethyl adjacent to an activating group) is 1. The van der Waals surface area contributed by atoms with Gasteiger partial charge in [-0.15, -0.1) is 0 Å². The lowest BCUT2D eigenvalue weighted by atomic mass is 9.82. The molecule has 2 saturated heterocycles. The summed E-state index contributed by atoms with van der Waals surface area (Å²) in [5, 5.41) is 141. The second-order valence-electron chi connectivity index (χ2n) is 34.2. The number of hydrogen-bond acceptors (Lipinski definition) is 31. The molecule has 0 radical (unpaired) electrons. The molecule has 2 fully saturated rings. The molecule has 4 aromatic carbocycles. The number of halogens is 1. The summed E-state index contributed by atoms with van der Waals surface area (Å²) in [7, 11) is -14.9. The number of carbonyl (C=O) groups excluding carboxylic acids is 8. The fraction of sp³-hybridized carbons (Fsp3) is 0.517. The summed E-state index contributed by atoms with van der Waals surface area (Å²) in [5.41, 5.74) is -4.33. The first-order valence-corrected chi connectivity index (χ1v) is 49.5. The van der Waals surface area contributed by atoms with Crippen LogP contribution in [0.2, 0.25) is 5.02 Å². The van der Waals surface area contributed by atoms with Gasteiger partial charge >= 0.3 is 28.8 Å². The number of aliphatic carboxylic acids is 1. The van der Waals surface area contributed by atoms with E-state index in [-0.39, 0.29) is 36.7 Å². The maximum atomic E-state index is 16.5. The van der Waals surface area contributed by atoms with Crippen molar-refractivity contribution in [3.63, 3.8) is 0 Å². The van der Waals surface area contributed by atoms with Gasteiger partial charge in [-0.05, 0) is 124 Å². The number of amides is 8. The molecule has 9 bridgehead atoms. The van der Waals surface area contributed by atoms with Crippen LogP contribution in [0.3, 0.4) is 0 Å². The minimum Gasteiger partial charge on any atom is -0.507 e. The van der Waals surface area contributed by atoms with Crippen LogP contribution < -0.4 is 67.8 Å². The Balaban J connectivity index is 1.27. The lowest BCUT2D eigenvalue weighted by Gasteiger charge is -2.52. The first kappa shape index (κ1) is 110. The SMILES string of the molecule is C=C/C1=C\C=C\Oc2cc3cc(c2O[C@@H]2O[C@H](CO)[C@@H](O)[C@H](O)[C@H]2O[C@H]2C[C@](C)(N(CCNCCCCCCCCCC)C(=O)CCC(=O)NC(P(=O)(O)O)P(=O)(O)O)[C@H](O)[C@H](C)O2)Oc2ccc(cc2Cl)[C@@H](O)/C2=N\C(=O)[C@H](NC(=O)[C@@H]3NC(=O)[C@H](C/C(N)=C\C)NC(=O)[C@H](NC(=O)[C@@H](CC(C)C)NC)[C@@H]1O)c1ccc(O)c(c1)-c1c(cc(O)c(CNCP(=O)(O)O)c1O)[C@@H](C(=O)O)NC2=O. The number of carboxylic acid groups (broad SMARTS) is 1. The number of carboxylic acids is 1. The van der Waals surface area contributed by atoms with Gasteiger partial charge in [-0.1, -0.05) is 114 Å². The maximum Gasteiger partial charge on any atom is 0.360 e. The average molecular weight is 2010 g/mol. The van der Waals surface area contributed by atoms with Gasteiger partial charge in [0.2, 0.25) is 53.0 Å². The van der Waals surface area contributed by atoms with Gasteiger partial charge in [0.25, 0.3) is 11.8 Å². The van der Waals surface area contributed by atoms with Crippen LogP contribution in [0.15, 0.2) is 108 Å². The minimum atomic E-state index is -5.74. The average Bonchev–Trinajstić information content (AvgIpc) is 0.754. The fourth-order valence-corrected chi connectivity index (χ4v) is 19.0. The van der Waals surface area contributed by atoms with Crippen LogP contribution in [0.1, 0.15) is 177 Å². The number of phenols is 3. The molecule has 46 nitrogen and oxygen atoms in total. The van der Waals surface area contributed by atoms with Gasteiger partial charge in [-0.2, -0.15) is 0 Å². The molecule has 754 valence electrons. The van der Waals surface area contributed by atoms with Crippen molar-refractivity contribution >= 4 is 93.3 Å². The van der Waals surface area contributed by atoms with Crippen molar-refractivity contribution in [3.8, 4) is 51.4 Å². The summed E-state index contributed by atoms with van der Waals surface area (Å²) in [6.07, 6.45) is -10.7. The van der Waals surface area contributed by atoms with Crippen LogP contribution in [0.4, 0.5) is 0 Å². The molecule has 0 aromatic heterocycles. The highest BCUT2D eigenvalue weighted by atomic mass is 35.5. The largest absolute Gasteiger partial charge is 0.507 e. The molecule has 0 saturated carbocycles. The second-order valence-corrected chi connectivity index (χ2v) is 40.0. The van der Waals surface area contributed by atoms with Gasteiger partial charge in [-0.25, -0.2) is 9.79 Å². The highest BCUT2D eigenvalue weighted by Gasteiger charge is 2.55. The number of fused-ring (bicyclic) bond motifs is 8. The normalized spacial score (nSPS) is 26.0. The molecular weight excluding hydrogens is 1890 g/mol. The van der Waals surface area contributed by atoms with Crippen LogP contribution in [0, 0.1) is 5.92 Å². The van der Waals surface area contributed by atoms with Crippen LogP contribution in [0.5, 0.6) is 40.2 Å². The zero-order valence-electron chi connectivity index (χ0n) is 75.8. The molecule has 6 aliphatic heterocycles. The Morgan fingerprint density at radius 1 is 0.788 bits per heavy atom. The molecule has 0 unspecified atom stereocenters. The summed E-state index contributed by atoms with van der Waals surface area (Å²) >= 11 is 7.16. The van der Waals surface area contributed by atoms with Crippen molar-refractivity contribution in [2.45, 2.75) is 240 Å². The quantitative estimate of drug-likeness (QED) is 0.0227. The Labute approximate surface area is 791 Å². The molecule has 8 amide bonds. The molecule has 6 heterocycles. The molecule has 4 aromatic rings. The topological polar surface area (TPSA) is 734 Å². The van der Waals surface area contributed by atoms with Gasteiger partial charge in [0.1, 0.15) is 89.5 Å². The van der Waals surface area contributed by atoms with Crippen molar-refractivity contribution in [3.05, 3.63) is 136 Å². The molecule has 50 heteroatoms. The Kier molecular flexibility index (Phi) is 39.2. The van der Waals surface area contributed by atoms with E-state index in [2.05, 4.69) is 61.0 Å². The number of allylic oxidation sites excluding steroid dienone is 3.